The van der Waals surface area contributed by atoms with Crippen molar-refractivity contribution in [2.45, 2.75) is 26.1 Å². The van der Waals surface area contributed by atoms with E-state index in [9.17, 15) is 23.1 Å². The van der Waals surface area contributed by atoms with Gasteiger partial charge in [-0.3, -0.25) is 9.69 Å². The van der Waals surface area contributed by atoms with Gasteiger partial charge in [0.15, 0.2) is 0 Å². The van der Waals surface area contributed by atoms with Crippen LogP contribution in [-0.4, -0.2) is 39.2 Å². The highest BCUT2D eigenvalue weighted by molar-refractivity contribution is 5.70. The van der Waals surface area contributed by atoms with Crippen molar-refractivity contribution < 1.29 is 27.6 Å². The molecule has 6 nitrogen and oxygen atoms in total. The molecule has 1 aliphatic heterocycles. The monoisotopic (exact) mass is 369 g/mol. The predicted molar refractivity (Wildman–Crippen MR) is 84.9 cm³/mol. The first kappa shape index (κ1) is 18.4. The number of carboxylic acid groups (broad SMARTS) is 1. The molecule has 1 N–H and O–H groups in total. The van der Waals surface area contributed by atoms with Gasteiger partial charge in [-0.05, 0) is 24.5 Å². The standard InChI is InChI=1S/C17H18F3N3O3/c1-10-5-12(16(24)25)8-23(7-10)9-14-21-15(22-26-14)11-3-2-4-13(6-11)17(18,19)20/h2-4,6,10,12H,5,7-9H2,1H3,(H,24,25). The SMILES string of the molecule is CC1CC(C(=O)O)CN(Cc2nc(-c3cccc(C(F)(F)F)c3)no2)C1. The molecule has 1 fully saturated rings. The highest BCUT2D eigenvalue weighted by Crippen LogP contribution is 2.31. The van der Waals surface area contributed by atoms with Gasteiger partial charge in [0.25, 0.3) is 0 Å². The van der Waals surface area contributed by atoms with Gasteiger partial charge in [-0.1, -0.05) is 24.2 Å². The molecule has 3 rings (SSSR count). The molecule has 0 aliphatic carbocycles. The first-order chi connectivity index (χ1) is 12.2. The summed E-state index contributed by atoms with van der Waals surface area (Å²) in [4.78, 5) is 17.3. The Morgan fingerprint density at radius 1 is 1.38 bits per heavy atom. The van der Waals surface area contributed by atoms with Gasteiger partial charge >= 0.3 is 12.1 Å². The topological polar surface area (TPSA) is 79.5 Å². The Bertz CT molecular complexity index is 791. The van der Waals surface area contributed by atoms with Crippen LogP contribution in [0, 0.1) is 11.8 Å². The summed E-state index contributed by atoms with van der Waals surface area (Å²) in [6, 6.07) is 4.72. The van der Waals surface area contributed by atoms with E-state index in [1.54, 1.807) is 0 Å². The van der Waals surface area contributed by atoms with Crippen molar-refractivity contribution >= 4 is 5.97 Å². The maximum Gasteiger partial charge on any atom is 0.416 e. The predicted octanol–water partition coefficient (Wildman–Crippen LogP) is 3.30. The van der Waals surface area contributed by atoms with E-state index in [-0.39, 0.29) is 29.7 Å². The number of aromatic nitrogens is 2. The fourth-order valence-electron chi connectivity index (χ4n) is 3.23. The van der Waals surface area contributed by atoms with E-state index in [0.717, 1.165) is 12.1 Å². The van der Waals surface area contributed by atoms with Crippen LogP contribution in [0.2, 0.25) is 0 Å². The van der Waals surface area contributed by atoms with Crippen LogP contribution in [0.15, 0.2) is 28.8 Å². The summed E-state index contributed by atoms with van der Waals surface area (Å²) >= 11 is 0. The molecule has 0 radical (unpaired) electrons. The Morgan fingerprint density at radius 3 is 2.85 bits per heavy atom. The van der Waals surface area contributed by atoms with Crippen molar-refractivity contribution in [2.24, 2.45) is 11.8 Å². The number of nitrogens with zero attached hydrogens (tertiary/aromatic N) is 3. The first-order valence-corrected chi connectivity index (χ1v) is 8.17. The molecular formula is C17H18F3N3O3. The van der Waals surface area contributed by atoms with Crippen molar-refractivity contribution in [1.82, 2.24) is 15.0 Å². The minimum Gasteiger partial charge on any atom is -0.481 e. The molecular weight excluding hydrogens is 351 g/mol. The number of rotatable bonds is 4. The van der Waals surface area contributed by atoms with Gasteiger partial charge in [-0.15, -0.1) is 0 Å². The molecule has 1 aliphatic rings. The lowest BCUT2D eigenvalue weighted by atomic mass is 9.90. The van der Waals surface area contributed by atoms with Crippen LogP contribution in [0.5, 0.6) is 0 Å². The molecule has 2 aromatic rings. The van der Waals surface area contributed by atoms with Gasteiger partial charge in [0.1, 0.15) is 0 Å². The lowest BCUT2D eigenvalue weighted by Gasteiger charge is -2.33. The summed E-state index contributed by atoms with van der Waals surface area (Å²) in [5, 5.41) is 13.0. The Kier molecular flexibility index (Phi) is 4.99. The maximum absolute atomic E-state index is 12.8. The molecule has 2 atom stereocenters. The Labute approximate surface area is 147 Å². The lowest BCUT2D eigenvalue weighted by Crippen LogP contribution is -2.42. The van der Waals surface area contributed by atoms with Crippen molar-refractivity contribution in [2.75, 3.05) is 13.1 Å². The number of carbonyl (C=O) groups is 1. The number of aliphatic carboxylic acids is 1. The molecule has 140 valence electrons. The molecule has 1 aromatic heterocycles. The van der Waals surface area contributed by atoms with Crippen LogP contribution in [0.1, 0.15) is 24.8 Å². The molecule has 0 spiro atoms. The van der Waals surface area contributed by atoms with Gasteiger partial charge in [0.05, 0.1) is 18.0 Å². The summed E-state index contributed by atoms with van der Waals surface area (Å²) in [5.41, 5.74) is -0.569. The first-order valence-electron chi connectivity index (χ1n) is 8.17. The molecule has 1 aromatic carbocycles. The Morgan fingerprint density at radius 2 is 2.15 bits per heavy atom. The van der Waals surface area contributed by atoms with E-state index < -0.39 is 23.6 Å². The summed E-state index contributed by atoms with van der Waals surface area (Å²) < 4.78 is 43.6. The fourth-order valence-corrected chi connectivity index (χ4v) is 3.23. The maximum atomic E-state index is 12.8. The zero-order chi connectivity index (χ0) is 18.9. The molecule has 0 bridgehead atoms. The minimum atomic E-state index is -4.45. The van der Waals surface area contributed by atoms with E-state index in [1.807, 2.05) is 11.8 Å². The molecule has 2 unspecified atom stereocenters. The van der Waals surface area contributed by atoms with Crippen LogP contribution >= 0.6 is 0 Å². The number of alkyl halides is 3. The van der Waals surface area contributed by atoms with Crippen LogP contribution in [0.4, 0.5) is 13.2 Å². The van der Waals surface area contributed by atoms with Gasteiger partial charge in [0, 0.05) is 18.7 Å². The van der Waals surface area contributed by atoms with E-state index in [0.29, 0.717) is 19.5 Å². The van der Waals surface area contributed by atoms with Crippen molar-refractivity contribution in [1.29, 1.82) is 0 Å². The number of hydrogen-bond donors (Lipinski definition) is 1. The Hall–Kier alpha value is -2.42. The molecule has 1 saturated heterocycles. The van der Waals surface area contributed by atoms with Crippen molar-refractivity contribution in [3.05, 3.63) is 35.7 Å². The van der Waals surface area contributed by atoms with E-state index >= 15 is 0 Å². The van der Waals surface area contributed by atoms with Crippen LogP contribution < -0.4 is 0 Å². The third kappa shape index (κ3) is 4.21. The summed E-state index contributed by atoms with van der Waals surface area (Å²) in [5.74, 6) is -0.751. The van der Waals surface area contributed by atoms with Gasteiger partial charge in [-0.25, -0.2) is 0 Å². The minimum absolute atomic E-state index is 0.0749. The lowest BCUT2D eigenvalue weighted by molar-refractivity contribution is -0.144. The van der Waals surface area contributed by atoms with Crippen LogP contribution in [0.25, 0.3) is 11.4 Å². The highest BCUT2D eigenvalue weighted by atomic mass is 19.4. The average molecular weight is 369 g/mol. The molecule has 2 heterocycles. The molecule has 9 heteroatoms. The molecule has 0 amide bonds. The number of carboxylic acids is 1. The molecule has 26 heavy (non-hydrogen) atoms. The second kappa shape index (κ2) is 7.06. The van der Waals surface area contributed by atoms with Crippen LogP contribution in [-0.2, 0) is 17.5 Å². The zero-order valence-corrected chi connectivity index (χ0v) is 14.0. The zero-order valence-electron chi connectivity index (χ0n) is 14.0. The average Bonchev–Trinajstić information content (AvgIpc) is 3.02. The Balaban J connectivity index is 1.73. The van der Waals surface area contributed by atoms with Gasteiger partial charge in [-0.2, -0.15) is 18.2 Å². The van der Waals surface area contributed by atoms with E-state index in [4.69, 9.17) is 4.52 Å². The normalized spacial score (nSPS) is 21.7. The van der Waals surface area contributed by atoms with Gasteiger partial charge < -0.3 is 9.63 Å². The summed E-state index contributed by atoms with van der Waals surface area (Å²) in [6.45, 7) is 3.32. The largest absolute Gasteiger partial charge is 0.481 e. The number of hydrogen-bond acceptors (Lipinski definition) is 5. The number of piperidine rings is 1. The third-order valence-electron chi connectivity index (χ3n) is 4.36. The van der Waals surface area contributed by atoms with Crippen molar-refractivity contribution in [3.63, 3.8) is 0 Å². The summed E-state index contributed by atoms with van der Waals surface area (Å²) in [6.07, 6.45) is -3.83. The van der Waals surface area contributed by atoms with Gasteiger partial charge in [0.2, 0.25) is 11.7 Å². The number of halogens is 3. The third-order valence-corrected chi connectivity index (χ3v) is 4.36. The summed E-state index contributed by atoms with van der Waals surface area (Å²) in [7, 11) is 0. The smallest absolute Gasteiger partial charge is 0.416 e. The molecule has 0 saturated carbocycles. The van der Waals surface area contributed by atoms with E-state index in [2.05, 4.69) is 10.1 Å². The van der Waals surface area contributed by atoms with Crippen LogP contribution in [0.3, 0.4) is 0 Å². The number of benzene rings is 1. The highest BCUT2D eigenvalue weighted by Gasteiger charge is 2.32. The van der Waals surface area contributed by atoms with E-state index in [1.165, 1.54) is 12.1 Å². The van der Waals surface area contributed by atoms with Crippen molar-refractivity contribution in [3.8, 4) is 11.4 Å². The number of likely N-dealkylation sites (tertiary alicyclic amines) is 1. The second-order valence-electron chi connectivity index (χ2n) is 6.66. The fraction of sp³-hybridized carbons (Fsp3) is 0.471. The quantitative estimate of drug-likeness (QED) is 0.891. The second-order valence-corrected chi connectivity index (χ2v) is 6.66.